The topological polar surface area (TPSA) is 49.9 Å². The predicted molar refractivity (Wildman–Crippen MR) is 92.0 cm³/mol. The highest BCUT2D eigenvalue weighted by Gasteiger charge is 2.30. The van der Waals surface area contributed by atoms with Gasteiger partial charge in [0.25, 0.3) is 5.91 Å². The molecule has 0 spiro atoms. The van der Waals surface area contributed by atoms with E-state index in [1.165, 1.54) is 12.1 Å². The zero-order valence-corrected chi connectivity index (χ0v) is 14.4. The van der Waals surface area contributed by atoms with Gasteiger partial charge in [-0.15, -0.1) is 0 Å². The van der Waals surface area contributed by atoms with Crippen molar-refractivity contribution < 1.29 is 23.1 Å². The predicted octanol–water partition coefficient (Wildman–Crippen LogP) is 2.93. The number of hydrogen-bond donors (Lipinski definition) is 0. The molecule has 26 heavy (non-hydrogen) atoms. The van der Waals surface area contributed by atoms with E-state index in [0.29, 0.717) is 26.2 Å². The number of halogens is 2. The first-order chi connectivity index (χ1) is 12.6. The van der Waals surface area contributed by atoms with Crippen molar-refractivity contribution in [2.75, 3.05) is 26.2 Å². The largest absolute Gasteiger partial charge is 0.434 e. The molecule has 0 radical (unpaired) electrons. The molecule has 1 unspecified atom stereocenters. The van der Waals surface area contributed by atoms with E-state index in [-0.39, 0.29) is 29.0 Å². The summed E-state index contributed by atoms with van der Waals surface area (Å²) in [5.74, 6) is -0.306. The molecule has 1 aromatic rings. The van der Waals surface area contributed by atoms with Crippen molar-refractivity contribution in [3.63, 3.8) is 0 Å². The van der Waals surface area contributed by atoms with Gasteiger partial charge in [-0.25, -0.2) is 0 Å². The minimum absolute atomic E-state index is 0.0300. The highest BCUT2D eigenvalue weighted by molar-refractivity contribution is 5.97. The molecule has 0 aromatic heterocycles. The molecule has 1 aliphatic carbocycles. The van der Waals surface area contributed by atoms with Gasteiger partial charge < -0.3 is 14.5 Å². The first-order valence-corrected chi connectivity index (χ1v) is 8.83. The zero-order chi connectivity index (χ0) is 18.5. The number of para-hydroxylation sites is 1. The number of carbonyl (C=O) groups excluding carboxylic acids is 2. The molecule has 1 aliphatic heterocycles. The van der Waals surface area contributed by atoms with Crippen molar-refractivity contribution in [3.05, 3.63) is 42.0 Å². The summed E-state index contributed by atoms with van der Waals surface area (Å²) >= 11 is 0. The number of piperazine rings is 1. The Bertz CT molecular complexity index is 685. The van der Waals surface area contributed by atoms with E-state index in [2.05, 4.69) is 10.8 Å². The molecular weight excluding hydrogens is 342 g/mol. The molecule has 7 heteroatoms. The van der Waals surface area contributed by atoms with Crippen LogP contribution in [0.2, 0.25) is 0 Å². The van der Waals surface area contributed by atoms with Crippen LogP contribution in [0.4, 0.5) is 8.78 Å². The molecule has 2 amide bonds. The third-order valence-electron chi connectivity index (χ3n) is 4.83. The average Bonchev–Trinajstić information content (AvgIpc) is 2.68. The van der Waals surface area contributed by atoms with E-state index in [0.717, 1.165) is 19.3 Å². The quantitative estimate of drug-likeness (QED) is 0.772. The number of hydrogen-bond acceptors (Lipinski definition) is 3. The SMILES string of the molecule is O=C(c1ccccc1OC(F)F)N1CCN(C(=O)C2CC=CCC2)CC1. The molecule has 1 saturated heterocycles. The highest BCUT2D eigenvalue weighted by atomic mass is 19.3. The first kappa shape index (κ1) is 18.4. The van der Waals surface area contributed by atoms with Crippen LogP contribution in [0.3, 0.4) is 0 Å². The molecule has 2 aliphatic rings. The lowest BCUT2D eigenvalue weighted by Gasteiger charge is -2.36. The second-order valence-electron chi connectivity index (χ2n) is 6.47. The van der Waals surface area contributed by atoms with Crippen LogP contribution in [0.15, 0.2) is 36.4 Å². The van der Waals surface area contributed by atoms with Crippen LogP contribution in [-0.2, 0) is 4.79 Å². The van der Waals surface area contributed by atoms with Crippen molar-refractivity contribution in [2.45, 2.75) is 25.9 Å². The Morgan fingerprint density at radius 2 is 1.73 bits per heavy atom. The minimum atomic E-state index is -2.98. The second-order valence-corrected chi connectivity index (χ2v) is 6.47. The van der Waals surface area contributed by atoms with Crippen LogP contribution in [0, 0.1) is 5.92 Å². The van der Waals surface area contributed by atoms with E-state index < -0.39 is 6.61 Å². The molecule has 5 nitrogen and oxygen atoms in total. The number of rotatable bonds is 4. The van der Waals surface area contributed by atoms with E-state index >= 15 is 0 Å². The fraction of sp³-hybridized carbons (Fsp3) is 0.474. The van der Waals surface area contributed by atoms with Gasteiger partial charge in [-0.1, -0.05) is 24.3 Å². The Hall–Kier alpha value is -2.44. The molecule has 3 rings (SSSR count). The molecule has 140 valence electrons. The van der Waals surface area contributed by atoms with Crippen LogP contribution in [-0.4, -0.2) is 54.4 Å². The molecule has 1 atom stereocenters. The summed E-state index contributed by atoms with van der Waals surface area (Å²) in [5, 5.41) is 0. The molecule has 0 bridgehead atoms. The maximum atomic E-state index is 12.7. The Balaban J connectivity index is 1.60. The summed E-state index contributed by atoms with van der Waals surface area (Å²) in [4.78, 5) is 28.6. The maximum absolute atomic E-state index is 12.7. The summed E-state index contributed by atoms with van der Waals surface area (Å²) < 4.78 is 29.5. The normalized spacial score (nSPS) is 20.3. The standard InChI is InChI=1S/C19H22F2N2O3/c20-19(21)26-16-9-5-4-8-15(16)18(25)23-12-10-22(11-13-23)17(24)14-6-2-1-3-7-14/h1-2,4-5,8-9,14,19H,3,6-7,10-13H2. The Morgan fingerprint density at radius 3 is 2.38 bits per heavy atom. The lowest BCUT2D eigenvalue weighted by atomic mass is 9.93. The van der Waals surface area contributed by atoms with Crippen LogP contribution < -0.4 is 4.74 Å². The van der Waals surface area contributed by atoms with Gasteiger partial charge in [-0.05, 0) is 31.4 Å². The lowest BCUT2D eigenvalue weighted by molar-refractivity contribution is -0.137. The fourth-order valence-corrected chi connectivity index (χ4v) is 3.42. The molecular formula is C19H22F2N2O3. The molecule has 1 aromatic carbocycles. The third-order valence-corrected chi connectivity index (χ3v) is 4.83. The van der Waals surface area contributed by atoms with Crippen molar-refractivity contribution in [2.24, 2.45) is 5.92 Å². The van der Waals surface area contributed by atoms with Crippen molar-refractivity contribution in [1.82, 2.24) is 9.80 Å². The summed E-state index contributed by atoms with van der Waals surface area (Å²) in [6, 6.07) is 5.99. The number of benzene rings is 1. The third kappa shape index (κ3) is 4.20. The van der Waals surface area contributed by atoms with Gasteiger partial charge in [0.1, 0.15) is 5.75 Å². The number of amides is 2. The van der Waals surface area contributed by atoms with Gasteiger partial charge in [-0.2, -0.15) is 8.78 Å². The smallest absolute Gasteiger partial charge is 0.387 e. The van der Waals surface area contributed by atoms with Gasteiger partial charge in [0.05, 0.1) is 5.56 Å². The van der Waals surface area contributed by atoms with E-state index in [4.69, 9.17) is 0 Å². The van der Waals surface area contributed by atoms with E-state index in [9.17, 15) is 18.4 Å². The highest BCUT2D eigenvalue weighted by Crippen LogP contribution is 2.24. The summed E-state index contributed by atoms with van der Waals surface area (Å²) in [6.07, 6.45) is 6.71. The van der Waals surface area contributed by atoms with Gasteiger partial charge in [0.2, 0.25) is 5.91 Å². The number of allylic oxidation sites excluding steroid dienone is 2. The minimum Gasteiger partial charge on any atom is -0.434 e. The number of ether oxygens (including phenoxy) is 1. The number of nitrogens with zero attached hydrogens (tertiary/aromatic N) is 2. The number of carbonyl (C=O) groups is 2. The Kier molecular flexibility index (Phi) is 5.85. The summed E-state index contributed by atoms with van der Waals surface area (Å²) in [5.41, 5.74) is 0.116. The zero-order valence-electron chi connectivity index (χ0n) is 14.4. The Morgan fingerprint density at radius 1 is 1.04 bits per heavy atom. The summed E-state index contributed by atoms with van der Waals surface area (Å²) in [6.45, 7) is -1.29. The van der Waals surface area contributed by atoms with Crippen LogP contribution in [0.5, 0.6) is 5.75 Å². The van der Waals surface area contributed by atoms with Gasteiger partial charge in [0.15, 0.2) is 0 Å². The van der Waals surface area contributed by atoms with Crippen LogP contribution in [0.1, 0.15) is 29.6 Å². The first-order valence-electron chi connectivity index (χ1n) is 8.83. The van der Waals surface area contributed by atoms with Gasteiger partial charge >= 0.3 is 6.61 Å². The molecule has 1 fully saturated rings. The summed E-state index contributed by atoms with van der Waals surface area (Å²) in [7, 11) is 0. The monoisotopic (exact) mass is 364 g/mol. The fourth-order valence-electron chi connectivity index (χ4n) is 3.42. The Labute approximate surface area is 151 Å². The van der Waals surface area contributed by atoms with E-state index in [1.807, 2.05) is 6.08 Å². The van der Waals surface area contributed by atoms with Crippen molar-refractivity contribution in [3.8, 4) is 5.75 Å². The lowest BCUT2D eigenvalue weighted by Crippen LogP contribution is -2.52. The molecule has 0 N–H and O–H groups in total. The van der Waals surface area contributed by atoms with Crippen LogP contribution >= 0.6 is 0 Å². The molecule has 1 heterocycles. The second kappa shape index (κ2) is 8.29. The molecule has 0 saturated carbocycles. The average molecular weight is 364 g/mol. The van der Waals surface area contributed by atoms with Crippen LogP contribution in [0.25, 0.3) is 0 Å². The van der Waals surface area contributed by atoms with Gasteiger partial charge in [0, 0.05) is 32.1 Å². The van der Waals surface area contributed by atoms with Crippen molar-refractivity contribution >= 4 is 11.8 Å². The van der Waals surface area contributed by atoms with Crippen molar-refractivity contribution in [1.29, 1.82) is 0 Å². The maximum Gasteiger partial charge on any atom is 0.387 e. The number of alkyl halides is 2. The van der Waals surface area contributed by atoms with E-state index in [1.54, 1.807) is 21.9 Å². The van der Waals surface area contributed by atoms with Gasteiger partial charge in [-0.3, -0.25) is 9.59 Å².